The molecule has 0 fully saturated rings. The predicted octanol–water partition coefficient (Wildman–Crippen LogP) is 2.33. The summed E-state index contributed by atoms with van der Waals surface area (Å²) in [4.78, 5) is 5.56. The highest BCUT2D eigenvalue weighted by Gasteiger charge is 2.08. The molecule has 1 unspecified atom stereocenters. The molecule has 1 aromatic heterocycles. The van der Waals surface area contributed by atoms with E-state index in [2.05, 4.69) is 55.3 Å². The summed E-state index contributed by atoms with van der Waals surface area (Å²) in [5.41, 5.74) is 9.69. The lowest BCUT2D eigenvalue weighted by Gasteiger charge is -2.10. The van der Waals surface area contributed by atoms with Gasteiger partial charge in [0.05, 0.1) is 0 Å². The average molecular weight is 245 g/mol. The Morgan fingerprint density at radius 2 is 2.11 bits per heavy atom. The molecular formula is C15H23N3. The van der Waals surface area contributed by atoms with Crippen molar-refractivity contribution in [2.24, 2.45) is 5.73 Å². The van der Waals surface area contributed by atoms with Gasteiger partial charge in [0.1, 0.15) is 0 Å². The van der Waals surface area contributed by atoms with Crippen LogP contribution in [0.5, 0.6) is 0 Å². The largest absolute Gasteiger partial charge is 0.361 e. The van der Waals surface area contributed by atoms with Gasteiger partial charge < -0.3 is 15.6 Å². The van der Waals surface area contributed by atoms with Gasteiger partial charge in [0.25, 0.3) is 0 Å². The summed E-state index contributed by atoms with van der Waals surface area (Å²) in [6.07, 6.45) is 3.21. The molecule has 0 amide bonds. The topological polar surface area (TPSA) is 45.1 Å². The van der Waals surface area contributed by atoms with Gasteiger partial charge in [-0.3, -0.25) is 0 Å². The summed E-state index contributed by atoms with van der Waals surface area (Å²) in [7, 11) is 4.22. The van der Waals surface area contributed by atoms with Crippen molar-refractivity contribution in [3.05, 3.63) is 35.5 Å². The second-order valence-electron chi connectivity index (χ2n) is 5.31. The fourth-order valence-electron chi connectivity index (χ4n) is 2.19. The van der Waals surface area contributed by atoms with E-state index in [0.29, 0.717) is 12.5 Å². The van der Waals surface area contributed by atoms with Crippen LogP contribution in [-0.4, -0.2) is 37.1 Å². The highest BCUT2D eigenvalue weighted by Crippen LogP contribution is 2.24. The van der Waals surface area contributed by atoms with Crippen molar-refractivity contribution >= 4 is 10.9 Å². The Balaban J connectivity index is 2.31. The Hall–Kier alpha value is -1.32. The molecule has 98 valence electrons. The summed E-state index contributed by atoms with van der Waals surface area (Å²) >= 11 is 0. The molecule has 0 spiro atoms. The molecule has 1 aromatic carbocycles. The van der Waals surface area contributed by atoms with E-state index in [-0.39, 0.29) is 0 Å². The molecule has 3 nitrogen and oxygen atoms in total. The molecule has 0 aliphatic heterocycles. The zero-order valence-electron chi connectivity index (χ0n) is 11.5. The molecule has 2 aromatic rings. The van der Waals surface area contributed by atoms with Crippen molar-refractivity contribution in [2.75, 3.05) is 27.2 Å². The van der Waals surface area contributed by atoms with Crippen LogP contribution < -0.4 is 5.73 Å². The molecule has 1 atom stereocenters. The lowest BCUT2D eigenvalue weighted by Crippen LogP contribution is -2.14. The van der Waals surface area contributed by atoms with Gasteiger partial charge in [-0.15, -0.1) is 0 Å². The summed E-state index contributed by atoms with van der Waals surface area (Å²) in [6, 6.07) is 6.62. The normalized spacial score (nSPS) is 13.4. The molecule has 3 heteroatoms. The lowest BCUT2D eigenvalue weighted by atomic mass is 9.98. The zero-order chi connectivity index (χ0) is 13.1. The third-order valence-corrected chi connectivity index (χ3v) is 3.54. The van der Waals surface area contributed by atoms with E-state index in [4.69, 9.17) is 5.73 Å². The number of hydrogen-bond acceptors (Lipinski definition) is 2. The first-order valence-corrected chi connectivity index (χ1v) is 6.56. The molecule has 0 bridgehead atoms. The molecule has 3 N–H and O–H groups in total. The third-order valence-electron chi connectivity index (χ3n) is 3.54. The van der Waals surface area contributed by atoms with Crippen LogP contribution in [0.3, 0.4) is 0 Å². The Labute approximate surface area is 109 Å². The zero-order valence-corrected chi connectivity index (χ0v) is 11.5. The van der Waals surface area contributed by atoms with Crippen LogP contribution in [0.15, 0.2) is 24.4 Å². The smallest absolute Gasteiger partial charge is 0.0456 e. The highest BCUT2D eigenvalue weighted by atomic mass is 15.0. The van der Waals surface area contributed by atoms with Crippen LogP contribution >= 0.6 is 0 Å². The molecule has 0 radical (unpaired) electrons. The van der Waals surface area contributed by atoms with Gasteiger partial charge in [-0.05, 0) is 56.2 Å². The quantitative estimate of drug-likeness (QED) is 0.849. The molecule has 18 heavy (non-hydrogen) atoms. The number of nitrogens with one attached hydrogen (secondary N) is 1. The second-order valence-corrected chi connectivity index (χ2v) is 5.31. The van der Waals surface area contributed by atoms with Gasteiger partial charge in [-0.25, -0.2) is 0 Å². The minimum absolute atomic E-state index is 0.422. The van der Waals surface area contributed by atoms with E-state index in [0.717, 1.165) is 13.0 Å². The van der Waals surface area contributed by atoms with Crippen molar-refractivity contribution in [1.82, 2.24) is 9.88 Å². The first kappa shape index (κ1) is 13.1. The van der Waals surface area contributed by atoms with E-state index in [1.807, 2.05) is 0 Å². The second kappa shape index (κ2) is 5.55. The SMILES string of the molecule is CC(CN)c1ccc2[nH]cc(CCN(C)C)c2c1. The number of benzene rings is 1. The maximum absolute atomic E-state index is 5.75. The summed E-state index contributed by atoms with van der Waals surface area (Å²) in [5, 5.41) is 1.34. The van der Waals surface area contributed by atoms with Crippen LogP contribution in [0.2, 0.25) is 0 Å². The summed E-state index contributed by atoms with van der Waals surface area (Å²) in [6.45, 7) is 3.94. The van der Waals surface area contributed by atoms with E-state index in [1.165, 1.54) is 22.0 Å². The standard InChI is InChI=1S/C15H23N3/c1-11(9-16)12-4-5-15-14(8-12)13(10-17-15)6-7-18(2)3/h4-5,8,10-11,17H,6-7,9,16H2,1-3H3. The molecule has 0 aliphatic carbocycles. The summed E-state index contributed by atoms with van der Waals surface area (Å²) < 4.78 is 0. The van der Waals surface area contributed by atoms with Gasteiger partial charge in [-0.2, -0.15) is 0 Å². The molecular weight excluding hydrogens is 222 g/mol. The number of aromatic nitrogens is 1. The molecule has 2 rings (SSSR count). The van der Waals surface area contributed by atoms with Gasteiger partial charge in [0, 0.05) is 23.6 Å². The third kappa shape index (κ3) is 2.74. The monoisotopic (exact) mass is 245 g/mol. The first-order chi connectivity index (χ1) is 8.61. The minimum Gasteiger partial charge on any atom is -0.361 e. The number of fused-ring (bicyclic) bond motifs is 1. The van der Waals surface area contributed by atoms with Crippen LogP contribution in [-0.2, 0) is 6.42 Å². The number of rotatable bonds is 5. The van der Waals surface area contributed by atoms with Gasteiger partial charge in [0.2, 0.25) is 0 Å². The fourth-order valence-corrected chi connectivity index (χ4v) is 2.19. The average Bonchev–Trinajstić information content (AvgIpc) is 2.77. The number of aromatic amines is 1. The van der Waals surface area contributed by atoms with Gasteiger partial charge >= 0.3 is 0 Å². The molecule has 0 saturated carbocycles. The number of nitrogens with zero attached hydrogens (tertiary/aromatic N) is 1. The summed E-state index contributed by atoms with van der Waals surface area (Å²) in [5.74, 6) is 0.422. The minimum atomic E-state index is 0.422. The van der Waals surface area contributed by atoms with Crippen molar-refractivity contribution < 1.29 is 0 Å². The predicted molar refractivity (Wildman–Crippen MR) is 78.0 cm³/mol. The van der Waals surface area contributed by atoms with Crippen LogP contribution in [0.25, 0.3) is 10.9 Å². The van der Waals surface area contributed by atoms with Gasteiger partial charge in [0.15, 0.2) is 0 Å². The number of nitrogens with two attached hydrogens (primary N) is 1. The van der Waals surface area contributed by atoms with Crippen molar-refractivity contribution in [2.45, 2.75) is 19.3 Å². The maximum Gasteiger partial charge on any atom is 0.0456 e. The van der Waals surface area contributed by atoms with Gasteiger partial charge in [-0.1, -0.05) is 13.0 Å². The fraction of sp³-hybridized carbons (Fsp3) is 0.467. The molecule has 0 aliphatic rings. The molecule has 0 saturated heterocycles. The first-order valence-electron chi connectivity index (χ1n) is 6.56. The van der Waals surface area contributed by atoms with Crippen LogP contribution in [0.1, 0.15) is 24.0 Å². The highest BCUT2D eigenvalue weighted by molar-refractivity contribution is 5.84. The van der Waals surface area contributed by atoms with E-state index < -0.39 is 0 Å². The lowest BCUT2D eigenvalue weighted by molar-refractivity contribution is 0.414. The molecule has 1 heterocycles. The van der Waals surface area contributed by atoms with E-state index in [1.54, 1.807) is 0 Å². The van der Waals surface area contributed by atoms with Crippen molar-refractivity contribution in [3.63, 3.8) is 0 Å². The van der Waals surface area contributed by atoms with Crippen molar-refractivity contribution in [1.29, 1.82) is 0 Å². The number of H-pyrrole nitrogens is 1. The van der Waals surface area contributed by atoms with E-state index >= 15 is 0 Å². The van der Waals surface area contributed by atoms with Crippen LogP contribution in [0, 0.1) is 0 Å². The Kier molecular flexibility index (Phi) is 4.04. The Bertz CT molecular complexity index is 513. The number of likely N-dealkylation sites (N-methyl/N-ethyl adjacent to an activating group) is 1. The number of hydrogen-bond donors (Lipinski definition) is 2. The van der Waals surface area contributed by atoms with Crippen molar-refractivity contribution in [3.8, 4) is 0 Å². The Morgan fingerprint density at radius 1 is 1.33 bits per heavy atom. The Morgan fingerprint density at radius 3 is 2.78 bits per heavy atom. The van der Waals surface area contributed by atoms with Crippen LogP contribution in [0.4, 0.5) is 0 Å². The maximum atomic E-state index is 5.75. The van der Waals surface area contributed by atoms with E-state index in [9.17, 15) is 0 Å².